The van der Waals surface area contributed by atoms with Gasteiger partial charge in [0.2, 0.25) is 0 Å². The Balaban J connectivity index is 3.03. The quantitative estimate of drug-likeness (QED) is 0.786. The van der Waals surface area contributed by atoms with Gasteiger partial charge in [0.15, 0.2) is 5.78 Å². The highest BCUT2D eigenvalue weighted by Crippen LogP contribution is 2.29. The number of carbonyl (C=O) groups is 1. The molecule has 0 radical (unpaired) electrons. The molecule has 0 spiro atoms. The maximum absolute atomic E-state index is 11.5. The van der Waals surface area contributed by atoms with Gasteiger partial charge < -0.3 is 9.84 Å². The largest absolute Gasteiger partial charge is 0.507 e. The van der Waals surface area contributed by atoms with Crippen molar-refractivity contribution in [1.29, 1.82) is 0 Å². The first kappa shape index (κ1) is 17.0. The molecule has 0 aliphatic rings. The standard InChI is InChI=1S/C15H22ClNO3/c1-10(2)17(5-6-20-4)9-12-7-13(16)8-14(11(3)18)15(12)19/h7-8,10,19H,5-6,9H2,1-4H3. The van der Waals surface area contributed by atoms with E-state index in [4.69, 9.17) is 16.3 Å². The van der Waals surface area contributed by atoms with Crippen LogP contribution in [0.5, 0.6) is 5.75 Å². The van der Waals surface area contributed by atoms with Crippen molar-refractivity contribution in [2.24, 2.45) is 0 Å². The van der Waals surface area contributed by atoms with Gasteiger partial charge in [-0.2, -0.15) is 0 Å². The molecular formula is C15H22ClNO3. The molecule has 0 saturated carbocycles. The summed E-state index contributed by atoms with van der Waals surface area (Å²) in [6.45, 7) is 7.44. The molecular weight excluding hydrogens is 278 g/mol. The van der Waals surface area contributed by atoms with Crippen LogP contribution >= 0.6 is 11.6 Å². The first-order chi connectivity index (χ1) is 9.36. The van der Waals surface area contributed by atoms with E-state index in [1.807, 2.05) is 0 Å². The monoisotopic (exact) mass is 299 g/mol. The number of aromatic hydroxyl groups is 1. The summed E-state index contributed by atoms with van der Waals surface area (Å²) < 4.78 is 5.09. The van der Waals surface area contributed by atoms with Crippen LogP contribution in [0.2, 0.25) is 5.02 Å². The molecule has 1 rings (SSSR count). The summed E-state index contributed by atoms with van der Waals surface area (Å²) in [6, 6.07) is 3.49. The Morgan fingerprint density at radius 3 is 2.60 bits per heavy atom. The first-order valence-corrected chi connectivity index (χ1v) is 7.00. The molecule has 0 atom stereocenters. The molecule has 0 heterocycles. The molecule has 0 amide bonds. The second kappa shape index (κ2) is 7.62. The third kappa shape index (κ3) is 4.47. The lowest BCUT2D eigenvalue weighted by atomic mass is 10.0. The van der Waals surface area contributed by atoms with Gasteiger partial charge in [0.05, 0.1) is 12.2 Å². The highest BCUT2D eigenvalue weighted by Gasteiger charge is 2.17. The maximum atomic E-state index is 11.5. The van der Waals surface area contributed by atoms with Gasteiger partial charge in [0.1, 0.15) is 5.75 Å². The predicted octanol–water partition coefficient (Wildman–Crippen LogP) is 3.11. The second-order valence-corrected chi connectivity index (χ2v) is 5.51. The van der Waals surface area contributed by atoms with Crippen molar-refractivity contribution in [3.63, 3.8) is 0 Å². The minimum absolute atomic E-state index is 0.0185. The Morgan fingerprint density at radius 2 is 2.10 bits per heavy atom. The molecule has 4 nitrogen and oxygen atoms in total. The fourth-order valence-electron chi connectivity index (χ4n) is 1.99. The fraction of sp³-hybridized carbons (Fsp3) is 0.533. The van der Waals surface area contributed by atoms with E-state index in [0.29, 0.717) is 29.8 Å². The van der Waals surface area contributed by atoms with E-state index in [1.165, 1.54) is 13.0 Å². The van der Waals surface area contributed by atoms with E-state index in [-0.39, 0.29) is 17.1 Å². The Morgan fingerprint density at radius 1 is 1.45 bits per heavy atom. The van der Waals surface area contributed by atoms with E-state index in [1.54, 1.807) is 13.2 Å². The number of nitrogens with zero attached hydrogens (tertiary/aromatic N) is 1. The van der Waals surface area contributed by atoms with Crippen molar-refractivity contribution < 1.29 is 14.6 Å². The number of ether oxygens (including phenoxy) is 1. The minimum Gasteiger partial charge on any atom is -0.507 e. The molecule has 0 aliphatic heterocycles. The number of methoxy groups -OCH3 is 1. The van der Waals surface area contributed by atoms with Crippen LogP contribution in [-0.2, 0) is 11.3 Å². The molecule has 0 aromatic heterocycles. The number of benzene rings is 1. The molecule has 20 heavy (non-hydrogen) atoms. The molecule has 0 aliphatic carbocycles. The second-order valence-electron chi connectivity index (χ2n) is 5.07. The third-order valence-corrected chi connectivity index (χ3v) is 3.44. The first-order valence-electron chi connectivity index (χ1n) is 6.62. The normalized spacial score (nSPS) is 11.3. The van der Waals surface area contributed by atoms with Gasteiger partial charge in [-0.3, -0.25) is 9.69 Å². The number of halogens is 1. The van der Waals surface area contributed by atoms with Crippen molar-refractivity contribution in [3.05, 3.63) is 28.3 Å². The third-order valence-electron chi connectivity index (χ3n) is 3.22. The highest BCUT2D eigenvalue weighted by molar-refractivity contribution is 6.31. The SMILES string of the molecule is COCCN(Cc1cc(Cl)cc(C(C)=O)c1O)C(C)C. The molecule has 1 N–H and O–H groups in total. The van der Waals surface area contributed by atoms with Crippen molar-refractivity contribution in [3.8, 4) is 5.75 Å². The van der Waals surface area contributed by atoms with Crippen molar-refractivity contribution in [2.75, 3.05) is 20.3 Å². The zero-order valence-electron chi connectivity index (χ0n) is 12.4. The van der Waals surface area contributed by atoms with Crippen LogP contribution in [0.25, 0.3) is 0 Å². The van der Waals surface area contributed by atoms with E-state index in [9.17, 15) is 9.90 Å². The molecule has 5 heteroatoms. The molecule has 112 valence electrons. The lowest BCUT2D eigenvalue weighted by Gasteiger charge is -2.26. The molecule has 1 aromatic carbocycles. The minimum atomic E-state index is -0.195. The van der Waals surface area contributed by atoms with E-state index in [2.05, 4.69) is 18.7 Å². The van der Waals surface area contributed by atoms with Gasteiger partial charge in [0.25, 0.3) is 0 Å². The Labute approximate surface area is 125 Å². The summed E-state index contributed by atoms with van der Waals surface area (Å²) in [5, 5.41) is 10.7. The van der Waals surface area contributed by atoms with E-state index >= 15 is 0 Å². The number of Topliss-reactive ketones (excluding diaryl/α,β-unsaturated/α-hetero) is 1. The predicted molar refractivity (Wildman–Crippen MR) is 80.5 cm³/mol. The number of phenols is 1. The van der Waals surface area contributed by atoms with Gasteiger partial charge in [-0.1, -0.05) is 11.6 Å². The van der Waals surface area contributed by atoms with Crippen LogP contribution in [0.1, 0.15) is 36.7 Å². The van der Waals surface area contributed by atoms with Crippen molar-refractivity contribution in [1.82, 2.24) is 4.90 Å². The van der Waals surface area contributed by atoms with Crippen LogP contribution < -0.4 is 0 Å². The summed E-state index contributed by atoms with van der Waals surface area (Å²) in [4.78, 5) is 13.7. The summed E-state index contributed by atoms with van der Waals surface area (Å²) in [6.07, 6.45) is 0. The van der Waals surface area contributed by atoms with Crippen LogP contribution in [0.3, 0.4) is 0 Å². The number of hydrogen-bond acceptors (Lipinski definition) is 4. The van der Waals surface area contributed by atoms with Crippen LogP contribution in [0, 0.1) is 0 Å². The topological polar surface area (TPSA) is 49.8 Å². The molecule has 0 bridgehead atoms. The summed E-state index contributed by atoms with van der Waals surface area (Å²) in [5.74, 6) is -0.177. The zero-order valence-corrected chi connectivity index (χ0v) is 13.2. The summed E-state index contributed by atoms with van der Waals surface area (Å²) >= 11 is 6.03. The number of phenolic OH excluding ortho intramolecular Hbond substituents is 1. The average Bonchev–Trinajstić information content (AvgIpc) is 2.37. The van der Waals surface area contributed by atoms with Gasteiger partial charge >= 0.3 is 0 Å². The molecule has 0 saturated heterocycles. The molecule has 1 aromatic rings. The van der Waals surface area contributed by atoms with Crippen LogP contribution in [0.4, 0.5) is 0 Å². The Kier molecular flexibility index (Phi) is 6.46. The maximum Gasteiger partial charge on any atom is 0.163 e. The van der Waals surface area contributed by atoms with Gasteiger partial charge in [-0.25, -0.2) is 0 Å². The smallest absolute Gasteiger partial charge is 0.163 e. The lowest BCUT2D eigenvalue weighted by molar-refractivity contribution is 0.101. The van der Waals surface area contributed by atoms with Crippen molar-refractivity contribution >= 4 is 17.4 Å². The van der Waals surface area contributed by atoms with Gasteiger partial charge in [-0.05, 0) is 32.9 Å². The average molecular weight is 300 g/mol. The zero-order chi connectivity index (χ0) is 15.3. The number of hydrogen-bond donors (Lipinski definition) is 1. The Bertz CT molecular complexity index is 474. The highest BCUT2D eigenvalue weighted by atomic mass is 35.5. The van der Waals surface area contributed by atoms with Crippen molar-refractivity contribution in [2.45, 2.75) is 33.4 Å². The van der Waals surface area contributed by atoms with E-state index in [0.717, 1.165) is 6.54 Å². The summed E-state index contributed by atoms with van der Waals surface area (Å²) in [5.41, 5.74) is 0.926. The fourth-order valence-corrected chi connectivity index (χ4v) is 2.23. The summed E-state index contributed by atoms with van der Waals surface area (Å²) in [7, 11) is 1.66. The number of rotatable bonds is 7. The van der Waals surface area contributed by atoms with Gasteiger partial charge in [0, 0.05) is 36.8 Å². The molecule has 0 unspecified atom stereocenters. The van der Waals surface area contributed by atoms with Gasteiger partial charge in [-0.15, -0.1) is 0 Å². The Hall–Kier alpha value is -1.10. The van der Waals surface area contributed by atoms with Crippen LogP contribution in [-0.4, -0.2) is 42.1 Å². The lowest BCUT2D eigenvalue weighted by Crippen LogP contribution is -2.33. The van der Waals surface area contributed by atoms with E-state index < -0.39 is 0 Å². The number of ketones is 1. The number of carbonyl (C=O) groups excluding carboxylic acids is 1. The van der Waals surface area contributed by atoms with Crippen LogP contribution in [0.15, 0.2) is 12.1 Å². The molecule has 0 fully saturated rings.